The molecule has 0 aromatic rings. The number of morpholine rings is 1. The smallest absolute Gasteiger partial charge is 0.315 e. The third-order valence-electron chi connectivity index (χ3n) is 4.48. The normalized spacial score (nSPS) is 21.5. The lowest BCUT2D eigenvalue weighted by Crippen LogP contribution is -2.56. The molecule has 1 heterocycles. The quantitative estimate of drug-likeness (QED) is 0.826. The van der Waals surface area contributed by atoms with Crippen LogP contribution >= 0.6 is 0 Å². The molecule has 6 nitrogen and oxygen atoms in total. The maximum atomic E-state index is 12.6. The molecular weight excluding hydrogens is 282 g/mol. The predicted molar refractivity (Wildman–Crippen MR) is 84.6 cm³/mol. The number of hydrogen-bond acceptors (Lipinski definition) is 3. The van der Waals surface area contributed by atoms with Gasteiger partial charge in [-0.2, -0.15) is 0 Å². The maximum Gasteiger partial charge on any atom is 0.315 e. The van der Waals surface area contributed by atoms with Crippen LogP contribution in [-0.4, -0.2) is 55.2 Å². The highest BCUT2D eigenvalue weighted by atomic mass is 16.5. The Morgan fingerprint density at radius 3 is 2.32 bits per heavy atom. The van der Waals surface area contributed by atoms with E-state index in [0.717, 1.165) is 12.8 Å². The van der Waals surface area contributed by atoms with Gasteiger partial charge in [-0.25, -0.2) is 4.79 Å². The monoisotopic (exact) mass is 311 g/mol. The number of rotatable bonds is 4. The minimum absolute atomic E-state index is 0.00269. The van der Waals surface area contributed by atoms with Crippen molar-refractivity contribution in [3.8, 4) is 0 Å². The summed E-state index contributed by atoms with van der Waals surface area (Å²) in [5.41, 5.74) is 0. The van der Waals surface area contributed by atoms with E-state index in [2.05, 4.69) is 10.6 Å². The van der Waals surface area contributed by atoms with Crippen LogP contribution in [-0.2, 0) is 9.53 Å². The molecule has 2 rings (SSSR count). The zero-order chi connectivity index (χ0) is 15.9. The lowest BCUT2D eigenvalue weighted by molar-refractivity contribution is -0.138. The molecule has 3 amide bonds. The second-order valence-corrected chi connectivity index (χ2v) is 6.61. The first-order valence-electron chi connectivity index (χ1n) is 8.51. The van der Waals surface area contributed by atoms with E-state index in [9.17, 15) is 9.59 Å². The maximum absolute atomic E-state index is 12.6. The Morgan fingerprint density at radius 2 is 1.73 bits per heavy atom. The molecule has 6 heteroatoms. The molecular formula is C16H29N3O3. The molecule has 1 atom stereocenters. The molecule has 1 saturated heterocycles. The number of amides is 3. The standard InChI is InChI=1S/C16H29N3O3/c1-12(2)14(15(20)19-8-10-22-11-9-19)18-16(21)17-13-6-4-3-5-7-13/h12-14H,3-11H2,1-2H3,(H2,17,18,21)/t14-/m1/s1. The number of carbonyl (C=O) groups is 2. The van der Waals surface area contributed by atoms with Crippen LogP contribution in [0.1, 0.15) is 46.0 Å². The highest BCUT2D eigenvalue weighted by Gasteiger charge is 2.30. The summed E-state index contributed by atoms with van der Waals surface area (Å²) >= 11 is 0. The number of carbonyl (C=O) groups excluding carboxylic acids is 2. The molecule has 0 aromatic carbocycles. The number of urea groups is 1. The Labute approximate surface area is 132 Å². The van der Waals surface area contributed by atoms with Gasteiger partial charge < -0.3 is 20.3 Å². The van der Waals surface area contributed by atoms with Crippen LogP contribution in [0.15, 0.2) is 0 Å². The molecule has 0 aromatic heterocycles. The fraction of sp³-hybridized carbons (Fsp3) is 0.875. The number of nitrogens with zero attached hydrogens (tertiary/aromatic N) is 1. The van der Waals surface area contributed by atoms with Crippen LogP contribution in [0.25, 0.3) is 0 Å². The third kappa shape index (κ3) is 4.87. The summed E-state index contributed by atoms with van der Waals surface area (Å²) < 4.78 is 5.28. The van der Waals surface area contributed by atoms with Crippen molar-refractivity contribution in [1.82, 2.24) is 15.5 Å². The number of ether oxygens (including phenoxy) is 1. The summed E-state index contributed by atoms with van der Waals surface area (Å²) in [7, 11) is 0. The van der Waals surface area contributed by atoms with Gasteiger partial charge >= 0.3 is 6.03 Å². The summed E-state index contributed by atoms with van der Waals surface area (Å²) in [5, 5.41) is 5.90. The van der Waals surface area contributed by atoms with E-state index in [1.807, 2.05) is 13.8 Å². The molecule has 126 valence electrons. The molecule has 0 unspecified atom stereocenters. The molecule has 0 spiro atoms. The molecule has 0 radical (unpaired) electrons. The van der Waals surface area contributed by atoms with Crippen LogP contribution in [0.2, 0.25) is 0 Å². The van der Waals surface area contributed by atoms with Crippen LogP contribution < -0.4 is 10.6 Å². The summed E-state index contributed by atoms with van der Waals surface area (Å²) in [5.74, 6) is 0.0598. The summed E-state index contributed by atoms with van der Waals surface area (Å²) in [6.45, 7) is 6.28. The van der Waals surface area contributed by atoms with Gasteiger partial charge in [-0.3, -0.25) is 4.79 Å². The highest BCUT2D eigenvalue weighted by molar-refractivity contribution is 5.87. The fourth-order valence-corrected chi connectivity index (χ4v) is 3.11. The van der Waals surface area contributed by atoms with Crippen molar-refractivity contribution >= 4 is 11.9 Å². The largest absolute Gasteiger partial charge is 0.378 e. The van der Waals surface area contributed by atoms with Crippen LogP contribution in [0.4, 0.5) is 4.79 Å². The van der Waals surface area contributed by atoms with Crippen LogP contribution in [0, 0.1) is 5.92 Å². The summed E-state index contributed by atoms with van der Waals surface area (Å²) in [6.07, 6.45) is 5.68. The van der Waals surface area contributed by atoms with Gasteiger partial charge in [0.2, 0.25) is 5.91 Å². The zero-order valence-electron chi connectivity index (χ0n) is 13.8. The highest BCUT2D eigenvalue weighted by Crippen LogP contribution is 2.17. The minimum Gasteiger partial charge on any atom is -0.378 e. The number of nitrogens with one attached hydrogen (secondary N) is 2. The van der Waals surface area contributed by atoms with E-state index in [1.54, 1.807) is 4.90 Å². The predicted octanol–water partition coefficient (Wildman–Crippen LogP) is 1.50. The molecule has 2 aliphatic rings. The Bertz CT molecular complexity index is 375. The summed E-state index contributed by atoms with van der Waals surface area (Å²) in [6, 6.07) is -0.436. The van der Waals surface area contributed by atoms with Crippen molar-refractivity contribution < 1.29 is 14.3 Å². The van der Waals surface area contributed by atoms with Crippen molar-refractivity contribution in [2.24, 2.45) is 5.92 Å². The number of hydrogen-bond donors (Lipinski definition) is 2. The first kappa shape index (κ1) is 17.1. The Balaban J connectivity index is 1.86. The van der Waals surface area contributed by atoms with Gasteiger partial charge in [-0.1, -0.05) is 33.1 Å². The fourth-order valence-electron chi connectivity index (χ4n) is 3.11. The van der Waals surface area contributed by atoms with Gasteiger partial charge in [0, 0.05) is 19.1 Å². The topological polar surface area (TPSA) is 70.7 Å². The molecule has 2 N–H and O–H groups in total. The minimum atomic E-state index is -0.471. The van der Waals surface area contributed by atoms with E-state index >= 15 is 0 Å². The lowest BCUT2D eigenvalue weighted by Gasteiger charge is -2.32. The Kier molecular flexibility index (Phi) is 6.49. The lowest BCUT2D eigenvalue weighted by atomic mass is 9.96. The van der Waals surface area contributed by atoms with E-state index in [0.29, 0.717) is 26.3 Å². The second kappa shape index (κ2) is 8.36. The van der Waals surface area contributed by atoms with Crippen LogP contribution in [0.3, 0.4) is 0 Å². The third-order valence-corrected chi connectivity index (χ3v) is 4.48. The Morgan fingerprint density at radius 1 is 1.09 bits per heavy atom. The van der Waals surface area contributed by atoms with Crippen molar-refractivity contribution in [3.63, 3.8) is 0 Å². The molecule has 1 saturated carbocycles. The van der Waals surface area contributed by atoms with E-state index in [-0.39, 0.29) is 23.9 Å². The van der Waals surface area contributed by atoms with Gasteiger partial charge in [0.05, 0.1) is 13.2 Å². The second-order valence-electron chi connectivity index (χ2n) is 6.61. The van der Waals surface area contributed by atoms with Crippen molar-refractivity contribution in [2.45, 2.75) is 58.0 Å². The SMILES string of the molecule is CC(C)[C@@H](NC(=O)NC1CCCCC1)C(=O)N1CCOCC1. The van der Waals surface area contributed by atoms with E-state index in [1.165, 1.54) is 19.3 Å². The van der Waals surface area contributed by atoms with E-state index < -0.39 is 6.04 Å². The van der Waals surface area contributed by atoms with Crippen molar-refractivity contribution in [3.05, 3.63) is 0 Å². The zero-order valence-corrected chi connectivity index (χ0v) is 13.8. The molecule has 22 heavy (non-hydrogen) atoms. The Hall–Kier alpha value is -1.30. The first-order valence-corrected chi connectivity index (χ1v) is 8.51. The summed E-state index contributed by atoms with van der Waals surface area (Å²) in [4.78, 5) is 26.6. The molecule has 1 aliphatic carbocycles. The van der Waals surface area contributed by atoms with Crippen LogP contribution in [0.5, 0.6) is 0 Å². The average molecular weight is 311 g/mol. The average Bonchev–Trinajstić information content (AvgIpc) is 2.53. The van der Waals surface area contributed by atoms with Gasteiger partial charge in [0.25, 0.3) is 0 Å². The molecule has 1 aliphatic heterocycles. The van der Waals surface area contributed by atoms with Gasteiger partial charge in [-0.05, 0) is 18.8 Å². The van der Waals surface area contributed by atoms with Crippen molar-refractivity contribution in [2.75, 3.05) is 26.3 Å². The molecule has 2 fully saturated rings. The van der Waals surface area contributed by atoms with Crippen molar-refractivity contribution in [1.29, 1.82) is 0 Å². The van der Waals surface area contributed by atoms with Gasteiger partial charge in [-0.15, -0.1) is 0 Å². The van der Waals surface area contributed by atoms with Gasteiger partial charge in [0.15, 0.2) is 0 Å². The first-order chi connectivity index (χ1) is 10.6. The molecule has 0 bridgehead atoms. The van der Waals surface area contributed by atoms with E-state index in [4.69, 9.17) is 4.74 Å². The van der Waals surface area contributed by atoms with Gasteiger partial charge in [0.1, 0.15) is 6.04 Å².